The Labute approximate surface area is 129 Å². The van der Waals surface area contributed by atoms with Crippen LogP contribution in [0.25, 0.3) is 0 Å². The zero-order valence-corrected chi connectivity index (χ0v) is 12.8. The summed E-state index contributed by atoms with van der Waals surface area (Å²) in [6, 6.07) is 9.77. The van der Waals surface area contributed by atoms with Crippen molar-refractivity contribution in [1.29, 1.82) is 0 Å². The van der Waals surface area contributed by atoms with Gasteiger partial charge in [0.15, 0.2) is 5.78 Å². The predicted octanol–water partition coefficient (Wildman–Crippen LogP) is 4.30. The van der Waals surface area contributed by atoms with Crippen LogP contribution in [-0.2, 0) is 0 Å². The first-order valence-electron chi connectivity index (χ1n) is 6.41. The highest BCUT2D eigenvalue weighted by Gasteiger charge is 2.29. The summed E-state index contributed by atoms with van der Waals surface area (Å²) in [5.41, 5.74) is 0.858. The maximum Gasteiger partial charge on any atom is 0.170 e. The molecule has 21 heavy (non-hydrogen) atoms. The fourth-order valence-corrected chi connectivity index (χ4v) is 2.70. The van der Waals surface area contributed by atoms with Crippen LogP contribution in [-0.4, -0.2) is 12.9 Å². The van der Waals surface area contributed by atoms with E-state index in [4.69, 9.17) is 9.47 Å². The minimum Gasteiger partial charge on any atom is -0.497 e. The summed E-state index contributed by atoms with van der Waals surface area (Å²) in [5.74, 6) is 0.583. The Morgan fingerprint density at radius 3 is 2.81 bits per heavy atom. The monoisotopic (exact) mass is 350 g/mol. The van der Waals surface area contributed by atoms with Crippen LogP contribution in [0.2, 0.25) is 0 Å². The second-order valence-electron chi connectivity index (χ2n) is 4.76. The maximum absolute atomic E-state index is 14.0. The summed E-state index contributed by atoms with van der Waals surface area (Å²) in [6.07, 6.45) is -0.495. The lowest BCUT2D eigenvalue weighted by molar-refractivity contribution is 0.0845. The highest BCUT2D eigenvalue weighted by molar-refractivity contribution is 9.10. The van der Waals surface area contributed by atoms with Crippen molar-refractivity contribution in [2.75, 3.05) is 7.11 Å². The Hall–Kier alpha value is -1.88. The molecule has 0 spiro atoms. The molecule has 0 aromatic heterocycles. The number of hydrogen-bond donors (Lipinski definition) is 0. The van der Waals surface area contributed by atoms with Gasteiger partial charge in [0.05, 0.1) is 19.1 Å². The van der Waals surface area contributed by atoms with Gasteiger partial charge in [-0.3, -0.25) is 4.79 Å². The fourth-order valence-electron chi connectivity index (χ4n) is 2.37. The Kier molecular flexibility index (Phi) is 3.68. The summed E-state index contributed by atoms with van der Waals surface area (Å²) in [4.78, 5) is 12.2. The third-order valence-corrected chi connectivity index (χ3v) is 3.93. The molecule has 2 aromatic carbocycles. The smallest absolute Gasteiger partial charge is 0.170 e. The molecule has 1 heterocycles. The Balaban J connectivity index is 1.96. The van der Waals surface area contributed by atoms with Crippen molar-refractivity contribution < 1.29 is 18.7 Å². The Morgan fingerprint density at radius 1 is 1.29 bits per heavy atom. The van der Waals surface area contributed by atoms with E-state index >= 15 is 0 Å². The van der Waals surface area contributed by atoms with Gasteiger partial charge in [-0.05, 0) is 30.3 Å². The zero-order valence-electron chi connectivity index (χ0n) is 11.2. The van der Waals surface area contributed by atoms with E-state index in [0.29, 0.717) is 27.1 Å². The molecular weight excluding hydrogens is 339 g/mol. The van der Waals surface area contributed by atoms with Crippen molar-refractivity contribution in [2.45, 2.75) is 12.5 Å². The van der Waals surface area contributed by atoms with Gasteiger partial charge in [-0.25, -0.2) is 4.39 Å². The number of benzene rings is 2. The van der Waals surface area contributed by atoms with Crippen LogP contribution in [0.3, 0.4) is 0 Å². The summed E-state index contributed by atoms with van der Waals surface area (Å²) < 4.78 is 25.5. The lowest BCUT2D eigenvalue weighted by Crippen LogP contribution is -2.21. The molecule has 0 aliphatic carbocycles. The first kappa shape index (κ1) is 14.1. The molecule has 3 nitrogen and oxygen atoms in total. The van der Waals surface area contributed by atoms with E-state index in [0.717, 1.165) is 0 Å². The average molecular weight is 351 g/mol. The molecule has 5 heteroatoms. The predicted molar refractivity (Wildman–Crippen MR) is 79.4 cm³/mol. The van der Waals surface area contributed by atoms with Crippen molar-refractivity contribution in [2.24, 2.45) is 0 Å². The fraction of sp³-hybridized carbons (Fsp3) is 0.188. The minimum atomic E-state index is -0.605. The van der Waals surface area contributed by atoms with Crippen molar-refractivity contribution in [3.05, 3.63) is 57.8 Å². The van der Waals surface area contributed by atoms with E-state index in [1.165, 1.54) is 13.2 Å². The topological polar surface area (TPSA) is 35.5 Å². The highest BCUT2D eigenvalue weighted by Crippen LogP contribution is 2.37. The quantitative estimate of drug-likeness (QED) is 0.809. The van der Waals surface area contributed by atoms with Gasteiger partial charge >= 0.3 is 0 Å². The van der Waals surface area contributed by atoms with Crippen LogP contribution in [0.5, 0.6) is 11.5 Å². The Bertz CT molecular complexity index is 715. The van der Waals surface area contributed by atoms with Gasteiger partial charge < -0.3 is 9.47 Å². The van der Waals surface area contributed by atoms with Gasteiger partial charge in [0.1, 0.15) is 23.4 Å². The first-order valence-corrected chi connectivity index (χ1v) is 7.20. The van der Waals surface area contributed by atoms with E-state index < -0.39 is 6.10 Å². The van der Waals surface area contributed by atoms with Crippen molar-refractivity contribution >= 4 is 21.7 Å². The first-order chi connectivity index (χ1) is 10.1. The van der Waals surface area contributed by atoms with Gasteiger partial charge in [-0.2, -0.15) is 0 Å². The minimum absolute atomic E-state index is 0.0810. The van der Waals surface area contributed by atoms with Crippen LogP contribution >= 0.6 is 15.9 Å². The summed E-state index contributed by atoms with van der Waals surface area (Å²) in [5, 5.41) is 0. The number of ether oxygens (including phenoxy) is 2. The molecule has 2 aromatic rings. The SMILES string of the molecule is COc1ccc2c(c1)C(=O)CC(c1ccc(Br)cc1F)O2. The molecule has 0 bridgehead atoms. The van der Waals surface area contributed by atoms with Crippen LogP contribution < -0.4 is 9.47 Å². The van der Waals surface area contributed by atoms with E-state index in [-0.39, 0.29) is 18.0 Å². The number of ketones is 1. The number of rotatable bonds is 2. The molecule has 3 rings (SSSR count). The largest absolute Gasteiger partial charge is 0.497 e. The molecule has 0 saturated heterocycles. The van der Waals surface area contributed by atoms with E-state index in [2.05, 4.69) is 15.9 Å². The van der Waals surface area contributed by atoms with Crippen molar-refractivity contribution in [3.63, 3.8) is 0 Å². The zero-order chi connectivity index (χ0) is 15.0. The van der Waals surface area contributed by atoms with Gasteiger partial charge in [0.2, 0.25) is 0 Å². The molecule has 1 aliphatic rings. The Morgan fingerprint density at radius 2 is 2.10 bits per heavy atom. The van der Waals surface area contributed by atoms with E-state index in [1.807, 2.05) is 0 Å². The standard InChI is InChI=1S/C16H12BrFO3/c1-20-10-3-5-15-12(7-10)14(19)8-16(21-15)11-4-2-9(17)6-13(11)18/h2-7,16H,8H2,1H3. The molecule has 1 aliphatic heterocycles. The van der Waals surface area contributed by atoms with Crippen molar-refractivity contribution in [1.82, 2.24) is 0 Å². The summed E-state index contributed by atoms with van der Waals surface area (Å²) in [6.45, 7) is 0. The number of carbonyl (C=O) groups excluding carboxylic acids is 1. The number of Topliss-reactive ketones (excluding diaryl/α,β-unsaturated/α-hetero) is 1. The molecule has 1 unspecified atom stereocenters. The summed E-state index contributed by atoms with van der Waals surface area (Å²) in [7, 11) is 1.54. The molecule has 108 valence electrons. The lowest BCUT2D eigenvalue weighted by atomic mass is 9.96. The second kappa shape index (κ2) is 5.48. The molecule has 1 atom stereocenters. The third kappa shape index (κ3) is 2.65. The molecule has 0 fully saturated rings. The maximum atomic E-state index is 14.0. The van der Waals surface area contributed by atoms with Crippen LogP contribution in [0.15, 0.2) is 40.9 Å². The van der Waals surface area contributed by atoms with Crippen LogP contribution in [0.1, 0.15) is 28.4 Å². The molecule has 0 N–H and O–H groups in total. The van der Waals surface area contributed by atoms with Crippen LogP contribution in [0.4, 0.5) is 4.39 Å². The van der Waals surface area contributed by atoms with Gasteiger partial charge in [-0.1, -0.05) is 22.0 Å². The van der Waals surface area contributed by atoms with E-state index in [9.17, 15) is 9.18 Å². The van der Waals surface area contributed by atoms with Gasteiger partial charge in [0, 0.05) is 10.0 Å². The van der Waals surface area contributed by atoms with Crippen LogP contribution in [0, 0.1) is 5.82 Å². The number of hydrogen-bond acceptors (Lipinski definition) is 3. The second-order valence-corrected chi connectivity index (χ2v) is 5.68. The molecule has 0 radical (unpaired) electrons. The van der Waals surface area contributed by atoms with Gasteiger partial charge in [-0.15, -0.1) is 0 Å². The van der Waals surface area contributed by atoms with Crippen molar-refractivity contribution in [3.8, 4) is 11.5 Å². The number of methoxy groups -OCH3 is 1. The molecular formula is C16H12BrFO3. The number of fused-ring (bicyclic) bond motifs is 1. The normalized spacial score (nSPS) is 17.1. The molecule has 0 saturated carbocycles. The lowest BCUT2D eigenvalue weighted by Gasteiger charge is -2.26. The summed E-state index contributed by atoms with van der Waals surface area (Å²) >= 11 is 3.21. The highest BCUT2D eigenvalue weighted by atomic mass is 79.9. The van der Waals surface area contributed by atoms with Gasteiger partial charge in [0.25, 0.3) is 0 Å². The average Bonchev–Trinajstić information content (AvgIpc) is 2.47. The molecule has 0 amide bonds. The number of halogens is 2. The third-order valence-electron chi connectivity index (χ3n) is 3.44. The number of carbonyl (C=O) groups is 1. The van der Waals surface area contributed by atoms with E-state index in [1.54, 1.807) is 30.3 Å².